The van der Waals surface area contributed by atoms with Crippen LogP contribution >= 0.6 is 11.3 Å². The molecule has 2 atom stereocenters. The van der Waals surface area contributed by atoms with Crippen LogP contribution in [-0.2, 0) is 11.3 Å². The van der Waals surface area contributed by atoms with Gasteiger partial charge in [0.15, 0.2) is 0 Å². The molecule has 1 aromatic rings. The number of piperidine rings is 1. The average Bonchev–Trinajstić information content (AvgIpc) is 2.86. The zero-order valence-electron chi connectivity index (χ0n) is 11.6. The van der Waals surface area contributed by atoms with Crippen molar-refractivity contribution in [1.82, 2.24) is 4.90 Å². The van der Waals surface area contributed by atoms with Crippen LogP contribution in [0.1, 0.15) is 23.8 Å². The summed E-state index contributed by atoms with van der Waals surface area (Å²) in [6, 6.07) is 2.03. The van der Waals surface area contributed by atoms with Gasteiger partial charge in [-0.25, -0.2) is 0 Å². The smallest absolute Gasteiger partial charge is 0.104 e. The van der Waals surface area contributed by atoms with Crippen LogP contribution in [0.2, 0.25) is 0 Å². The molecule has 0 aromatic carbocycles. The summed E-state index contributed by atoms with van der Waals surface area (Å²) in [5.74, 6) is 6.38. The Balaban J connectivity index is 1.99. The lowest BCUT2D eigenvalue weighted by atomic mass is 9.96. The molecule has 0 amide bonds. The molecule has 1 saturated heterocycles. The number of aliphatic hydroxyl groups is 1. The van der Waals surface area contributed by atoms with E-state index in [4.69, 9.17) is 9.84 Å². The van der Waals surface area contributed by atoms with Crippen molar-refractivity contribution in [1.29, 1.82) is 0 Å². The van der Waals surface area contributed by atoms with E-state index in [1.54, 1.807) is 18.4 Å². The Morgan fingerprint density at radius 2 is 2.42 bits per heavy atom. The van der Waals surface area contributed by atoms with Gasteiger partial charge in [0.05, 0.1) is 6.10 Å². The molecule has 2 rings (SSSR count). The molecule has 1 aliphatic rings. The quantitative estimate of drug-likeness (QED) is 0.859. The molecule has 0 bridgehead atoms. The number of aliphatic hydroxyl groups excluding tert-OH is 1. The number of nitrogens with zero attached hydrogens (tertiary/aromatic N) is 1. The molecule has 1 aliphatic heterocycles. The third kappa shape index (κ3) is 3.80. The Bertz CT molecular complexity index is 460. The van der Waals surface area contributed by atoms with Crippen molar-refractivity contribution in [2.75, 3.05) is 26.8 Å². The van der Waals surface area contributed by atoms with Crippen LogP contribution in [0, 0.1) is 17.8 Å². The zero-order valence-corrected chi connectivity index (χ0v) is 12.4. The van der Waals surface area contributed by atoms with E-state index in [0.29, 0.717) is 12.0 Å². The second-order valence-corrected chi connectivity index (χ2v) is 5.99. The number of hydrogen-bond acceptors (Lipinski definition) is 4. The van der Waals surface area contributed by atoms with Gasteiger partial charge < -0.3 is 9.84 Å². The van der Waals surface area contributed by atoms with Crippen molar-refractivity contribution in [2.24, 2.45) is 5.92 Å². The van der Waals surface area contributed by atoms with E-state index in [1.807, 2.05) is 6.07 Å². The summed E-state index contributed by atoms with van der Waals surface area (Å²) in [5.41, 5.74) is 1.05. The molecule has 4 heteroatoms. The molecule has 0 radical (unpaired) electrons. The number of methoxy groups -OCH3 is 1. The number of rotatable bonds is 3. The van der Waals surface area contributed by atoms with Gasteiger partial charge in [0, 0.05) is 30.6 Å². The van der Waals surface area contributed by atoms with E-state index < -0.39 is 0 Å². The molecule has 1 fully saturated rings. The fourth-order valence-electron chi connectivity index (χ4n) is 2.46. The molecule has 2 unspecified atom stereocenters. The van der Waals surface area contributed by atoms with Crippen molar-refractivity contribution >= 4 is 11.3 Å². The van der Waals surface area contributed by atoms with E-state index in [9.17, 15) is 0 Å². The first-order valence-electron chi connectivity index (χ1n) is 6.65. The molecule has 1 N–H and O–H groups in total. The molecule has 2 heterocycles. The summed E-state index contributed by atoms with van der Waals surface area (Å²) in [6.07, 6.45) is 1.52. The van der Waals surface area contributed by atoms with E-state index >= 15 is 0 Å². The van der Waals surface area contributed by atoms with Crippen LogP contribution < -0.4 is 0 Å². The highest BCUT2D eigenvalue weighted by Gasteiger charge is 2.26. The van der Waals surface area contributed by atoms with Gasteiger partial charge in [-0.3, -0.25) is 4.90 Å². The first kappa shape index (κ1) is 14.5. The average molecular weight is 279 g/mol. The van der Waals surface area contributed by atoms with E-state index in [1.165, 1.54) is 11.3 Å². The monoisotopic (exact) mass is 279 g/mol. The van der Waals surface area contributed by atoms with Gasteiger partial charge >= 0.3 is 0 Å². The second-order valence-electron chi connectivity index (χ2n) is 4.99. The van der Waals surface area contributed by atoms with E-state index in [0.717, 1.165) is 25.2 Å². The lowest BCUT2D eigenvalue weighted by molar-refractivity contribution is -0.00717. The van der Waals surface area contributed by atoms with Gasteiger partial charge in [0.1, 0.15) is 6.61 Å². The van der Waals surface area contributed by atoms with Crippen LogP contribution in [0.3, 0.4) is 0 Å². The summed E-state index contributed by atoms with van der Waals surface area (Å²) < 4.78 is 5.55. The van der Waals surface area contributed by atoms with Crippen LogP contribution in [0.15, 0.2) is 11.4 Å². The Morgan fingerprint density at radius 3 is 3.16 bits per heavy atom. The highest BCUT2D eigenvalue weighted by atomic mass is 32.1. The molecule has 3 nitrogen and oxygen atoms in total. The van der Waals surface area contributed by atoms with Crippen LogP contribution in [0.25, 0.3) is 0 Å². The van der Waals surface area contributed by atoms with E-state index in [2.05, 4.69) is 29.0 Å². The summed E-state index contributed by atoms with van der Waals surface area (Å²) in [6.45, 7) is 5.21. The van der Waals surface area contributed by atoms with Crippen molar-refractivity contribution in [3.05, 3.63) is 21.9 Å². The number of likely N-dealkylation sites (tertiary alicyclic amines) is 1. The van der Waals surface area contributed by atoms with Gasteiger partial charge in [-0.2, -0.15) is 0 Å². The molecule has 0 saturated carbocycles. The maximum atomic E-state index is 8.78. The normalized spacial score (nSPS) is 23.9. The highest BCUT2D eigenvalue weighted by molar-refractivity contribution is 7.10. The van der Waals surface area contributed by atoms with Gasteiger partial charge in [-0.1, -0.05) is 18.8 Å². The molecule has 1 aromatic heterocycles. The van der Waals surface area contributed by atoms with Gasteiger partial charge in [-0.05, 0) is 30.3 Å². The predicted molar refractivity (Wildman–Crippen MR) is 78.1 cm³/mol. The van der Waals surface area contributed by atoms with Crippen molar-refractivity contribution in [3.8, 4) is 11.8 Å². The third-order valence-corrected chi connectivity index (χ3v) is 4.60. The lowest BCUT2D eigenvalue weighted by Crippen LogP contribution is -2.43. The second kappa shape index (κ2) is 7.06. The maximum absolute atomic E-state index is 8.78. The Hall–Kier alpha value is -0.860. The van der Waals surface area contributed by atoms with Gasteiger partial charge in [-0.15, -0.1) is 11.3 Å². The minimum Gasteiger partial charge on any atom is -0.384 e. The molecule has 104 valence electrons. The Morgan fingerprint density at radius 1 is 1.58 bits per heavy atom. The highest BCUT2D eigenvalue weighted by Crippen LogP contribution is 2.24. The number of ether oxygens (including phenoxy) is 1. The van der Waals surface area contributed by atoms with Gasteiger partial charge in [0.2, 0.25) is 0 Å². The zero-order chi connectivity index (χ0) is 13.7. The summed E-state index contributed by atoms with van der Waals surface area (Å²) in [4.78, 5) is 3.72. The standard InChI is InChI=1S/C15H21NO2S/c1-12-5-7-16(10-14(12)18-2)11-15-13(4-3-8-17)6-9-19-15/h6,9,12,14,17H,5,7-8,10-11H2,1-2H3. The fraction of sp³-hybridized carbons (Fsp3) is 0.600. The van der Waals surface area contributed by atoms with Crippen LogP contribution in [0.5, 0.6) is 0 Å². The first-order valence-corrected chi connectivity index (χ1v) is 7.53. The molecule has 19 heavy (non-hydrogen) atoms. The maximum Gasteiger partial charge on any atom is 0.104 e. The lowest BCUT2D eigenvalue weighted by Gasteiger charge is -2.36. The van der Waals surface area contributed by atoms with Crippen LogP contribution in [-0.4, -0.2) is 42.9 Å². The Labute approximate surface area is 119 Å². The topological polar surface area (TPSA) is 32.7 Å². The molecular formula is C15H21NO2S. The van der Waals surface area contributed by atoms with Gasteiger partial charge in [0.25, 0.3) is 0 Å². The molecule has 0 spiro atoms. The SMILES string of the molecule is COC1CN(Cc2sccc2C#CCO)CCC1C. The largest absolute Gasteiger partial charge is 0.384 e. The molecule has 0 aliphatic carbocycles. The van der Waals surface area contributed by atoms with Crippen molar-refractivity contribution < 1.29 is 9.84 Å². The van der Waals surface area contributed by atoms with Crippen molar-refractivity contribution in [3.63, 3.8) is 0 Å². The number of hydrogen-bond donors (Lipinski definition) is 1. The summed E-state index contributed by atoms with van der Waals surface area (Å²) in [7, 11) is 1.80. The van der Waals surface area contributed by atoms with E-state index in [-0.39, 0.29) is 6.61 Å². The first-order chi connectivity index (χ1) is 9.24. The minimum atomic E-state index is -0.0811. The fourth-order valence-corrected chi connectivity index (χ4v) is 3.33. The molecular weight excluding hydrogens is 258 g/mol. The number of thiophene rings is 1. The predicted octanol–water partition coefficient (Wildman–Crippen LogP) is 1.95. The minimum absolute atomic E-state index is 0.0811. The summed E-state index contributed by atoms with van der Waals surface area (Å²) >= 11 is 1.74. The summed E-state index contributed by atoms with van der Waals surface area (Å²) in [5, 5.41) is 10.8. The Kier molecular flexibility index (Phi) is 5.41. The van der Waals surface area contributed by atoms with Crippen LogP contribution in [0.4, 0.5) is 0 Å². The van der Waals surface area contributed by atoms with Crippen molar-refractivity contribution in [2.45, 2.75) is 26.0 Å². The third-order valence-electron chi connectivity index (χ3n) is 3.69.